The van der Waals surface area contributed by atoms with Gasteiger partial charge in [-0.25, -0.2) is 0 Å². The summed E-state index contributed by atoms with van der Waals surface area (Å²) in [4.78, 5) is 37.1. The molecule has 0 unspecified atom stereocenters. The molecule has 1 aliphatic heterocycles. The molecule has 0 atom stereocenters. The molecule has 30 heavy (non-hydrogen) atoms. The highest BCUT2D eigenvalue weighted by molar-refractivity contribution is 8.18. The Morgan fingerprint density at radius 2 is 1.80 bits per heavy atom. The van der Waals surface area contributed by atoms with Crippen molar-refractivity contribution < 1.29 is 19.2 Å². The molecule has 7 nitrogen and oxygen atoms in total. The maximum Gasteiger partial charge on any atom is 0.293 e. The highest BCUT2D eigenvalue weighted by Crippen LogP contribution is 2.37. The first kappa shape index (κ1) is 19.7. The number of benzene rings is 3. The average molecular weight is 420 g/mol. The predicted molar refractivity (Wildman–Crippen MR) is 115 cm³/mol. The molecule has 8 heteroatoms. The topological polar surface area (TPSA) is 89.8 Å². The minimum absolute atomic E-state index is 0.0455. The molecule has 1 saturated heterocycles. The van der Waals surface area contributed by atoms with Crippen LogP contribution in [0.15, 0.2) is 65.6 Å². The first-order valence-electron chi connectivity index (χ1n) is 9.02. The quantitative estimate of drug-likeness (QED) is 0.328. The van der Waals surface area contributed by atoms with Crippen LogP contribution in [0.1, 0.15) is 11.1 Å². The Morgan fingerprint density at radius 3 is 2.50 bits per heavy atom. The summed E-state index contributed by atoms with van der Waals surface area (Å²) in [6, 6.07) is 17.3. The van der Waals surface area contributed by atoms with Crippen LogP contribution in [0.4, 0.5) is 10.5 Å². The number of ether oxygens (including phenoxy) is 1. The van der Waals surface area contributed by atoms with Crippen molar-refractivity contribution in [3.8, 4) is 5.75 Å². The molecule has 3 aromatic carbocycles. The number of hydrogen-bond acceptors (Lipinski definition) is 6. The van der Waals surface area contributed by atoms with Gasteiger partial charge in [-0.2, -0.15) is 0 Å². The molecule has 1 aliphatic rings. The standard InChI is InChI=1S/C22H16N2O5S/c1-29-19-11-8-15-4-2-3-5-17(15)18(19)12-20-21(25)23(22(26)30-20)13-14-6-9-16(10-7-14)24(27)28/h2-12H,13H2,1H3. The second-order valence-corrected chi connectivity index (χ2v) is 7.59. The third kappa shape index (κ3) is 3.65. The fraction of sp³-hybridized carbons (Fsp3) is 0.0909. The molecule has 3 aromatic rings. The van der Waals surface area contributed by atoms with Gasteiger partial charge >= 0.3 is 0 Å². The van der Waals surface area contributed by atoms with E-state index in [-0.39, 0.29) is 17.5 Å². The van der Waals surface area contributed by atoms with Crippen molar-refractivity contribution in [3.63, 3.8) is 0 Å². The largest absolute Gasteiger partial charge is 0.496 e. The Hall–Kier alpha value is -3.65. The predicted octanol–water partition coefficient (Wildman–Crippen LogP) is 4.99. The molecule has 2 amide bonds. The van der Waals surface area contributed by atoms with E-state index in [0.29, 0.717) is 16.2 Å². The second-order valence-electron chi connectivity index (χ2n) is 6.59. The lowest BCUT2D eigenvalue weighted by atomic mass is 10.0. The van der Waals surface area contributed by atoms with Gasteiger partial charge in [0.2, 0.25) is 0 Å². The van der Waals surface area contributed by atoms with Gasteiger partial charge in [0.1, 0.15) is 5.75 Å². The van der Waals surface area contributed by atoms with Gasteiger partial charge in [-0.15, -0.1) is 0 Å². The Labute approximate surface area is 176 Å². The van der Waals surface area contributed by atoms with E-state index < -0.39 is 10.8 Å². The summed E-state index contributed by atoms with van der Waals surface area (Å²) in [6.07, 6.45) is 1.68. The lowest BCUT2D eigenvalue weighted by Gasteiger charge is -2.12. The summed E-state index contributed by atoms with van der Waals surface area (Å²) >= 11 is 0.866. The summed E-state index contributed by atoms with van der Waals surface area (Å²) in [5.74, 6) is 0.203. The highest BCUT2D eigenvalue weighted by Gasteiger charge is 2.35. The van der Waals surface area contributed by atoms with Crippen molar-refractivity contribution in [1.29, 1.82) is 0 Å². The Morgan fingerprint density at radius 1 is 1.07 bits per heavy atom. The second kappa shape index (κ2) is 8.00. The van der Waals surface area contributed by atoms with Crippen LogP contribution in [0.2, 0.25) is 0 Å². The maximum absolute atomic E-state index is 12.9. The van der Waals surface area contributed by atoms with Crippen molar-refractivity contribution in [2.45, 2.75) is 6.54 Å². The lowest BCUT2D eigenvalue weighted by molar-refractivity contribution is -0.384. The van der Waals surface area contributed by atoms with E-state index in [4.69, 9.17) is 4.74 Å². The molecule has 4 rings (SSSR count). The number of imide groups is 1. The zero-order chi connectivity index (χ0) is 21.3. The van der Waals surface area contributed by atoms with E-state index in [0.717, 1.165) is 33.0 Å². The minimum atomic E-state index is -0.496. The van der Waals surface area contributed by atoms with Gasteiger partial charge in [0.15, 0.2) is 0 Å². The molecule has 150 valence electrons. The van der Waals surface area contributed by atoms with Gasteiger partial charge in [-0.05, 0) is 40.2 Å². The number of thioether (sulfide) groups is 1. The molecule has 1 fully saturated rings. The van der Waals surface area contributed by atoms with Gasteiger partial charge in [0, 0.05) is 17.7 Å². The van der Waals surface area contributed by atoms with E-state index in [1.54, 1.807) is 25.3 Å². The van der Waals surface area contributed by atoms with Crippen molar-refractivity contribution >= 4 is 45.4 Å². The van der Waals surface area contributed by atoms with Crippen LogP contribution < -0.4 is 4.74 Å². The first-order chi connectivity index (χ1) is 14.5. The molecule has 0 aliphatic carbocycles. The number of nitro groups is 1. The minimum Gasteiger partial charge on any atom is -0.496 e. The molecule has 0 radical (unpaired) electrons. The smallest absolute Gasteiger partial charge is 0.293 e. The third-order valence-corrected chi connectivity index (χ3v) is 5.69. The molecule has 0 bridgehead atoms. The summed E-state index contributed by atoms with van der Waals surface area (Å²) in [7, 11) is 1.56. The molecular weight excluding hydrogens is 404 g/mol. The molecule has 0 spiro atoms. The molecule has 0 saturated carbocycles. The van der Waals surface area contributed by atoms with Crippen LogP contribution >= 0.6 is 11.8 Å². The fourth-order valence-electron chi connectivity index (χ4n) is 3.28. The monoisotopic (exact) mass is 420 g/mol. The third-order valence-electron chi connectivity index (χ3n) is 4.79. The van der Waals surface area contributed by atoms with E-state index >= 15 is 0 Å². The van der Waals surface area contributed by atoms with Crippen LogP contribution in [0, 0.1) is 10.1 Å². The Bertz CT molecular complexity index is 1200. The van der Waals surface area contributed by atoms with E-state index in [1.165, 1.54) is 12.1 Å². The Balaban J connectivity index is 1.65. The number of carbonyl (C=O) groups excluding carboxylic acids is 2. The van der Waals surface area contributed by atoms with E-state index in [9.17, 15) is 19.7 Å². The number of hydrogen-bond donors (Lipinski definition) is 0. The lowest BCUT2D eigenvalue weighted by Crippen LogP contribution is -2.27. The first-order valence-corrected chi connectivity index (χ1v) is 9.84. The van der Waals surface area contributed by atoms with Gasteiger partial charge in [0.05, 0.1) is 23.5 Å². The highest BCUT2D eigenvalue weighted by atomic mass is 32.2. The molecule has 0 N–H and O–H groups in total. The number of nitro benzene ring substituents is 1. The number of rotatable bonds is 5. The van der Waals surface area contributed by atoms with Gasteiger partial charge in [0.25, 0.3) is 16.8 Å². The van der Waals surface area contributed by atoms with Gasteiger partial charge < -0.3 is 4.74 Å². The van der Waals surface area contributed by atoms with E-state index in [2.05, 4.69) is 0 Å². The van der Waals surface area contributed by atoms with E-state index in [1.807, 2.05) is 36.4 Å². The zero-order valence-electron chi connectivity index (χ0n) is 15.9. The van der Waals surface area contributed by atoms with Gasteiger partial charge in [-0.1, -0.05) is 42.5 Å². The SMILES string of the molecule is COc1ccc2ccccc2c1C=C1SC(=O)N(Cc2ccc([N+](=O)[O-])cc2)C1=O. The fourth-order valence-corrected chi connectivity index (χ4v) is 4.10. The number of nitrogens with zero attached hydrogens (tertiary/aromatic N) is 2. The molecule has 0 aromatic heterocycles. The summed E-state index contributed by atoms with van der Waals surface area (Å²) in [5.41, 5.74) is 1.32. The number of amides is 2. The van der Waals surface area contributed by atoms with Crippen molar-refractivity contribution in [3.05, 3.63) is 86.8 Å². The summed E-state index contributed by atoms with van der Waals surface area (Å²) in [5, 5.41) is 12.3. The van der Waals surface area contributed by atoms with Crippen LogP contribution in [0.25, 0.3) is 16.8 Å². The normalized spacial score (nSPS) is 15.2. The van der Waals surface area contributed by atoms with Gasteiger partial charge in [-0.3, -0.25) is 24.6 Å². The number of fused-ring (bicyclic) bond motifs is 1. The summed E-state index contributed by atoms with van der Waals surface area (Å²) in [6.45, 7) is 0.0483. The number of non-ortho nitro benzene ring substituents is 1. The van der Waals surface area contributed by atoms with Crippen LogP contribution in [-0.2, 0) is 11.3 Å². The van der Waals surface area contributed by atoms with Crippen LogP contribution in [0.3, 0.4) is 0 Å². The average Bonchev–Trinajstić information content (AvgIpc) is 3.01. The van der Waals surface area contributed by atoms with Crippen LogP contribution in [0.5, 0.6) is 5.75 Å². The molecular formula is C22H16N2O5S. The maximum atomic E-state index is 12.9. The summed E-state index contributed by atoms with van der Waals surface area (Å²) < 4.78 is 5.46. The number of carbonyl (C=O) groups is 2. The Kier molecular flexibility index (Phi) is 5.24. The van der Waals surface area contributed by atoms with Crippen LogP contribution in [-0.4, -0.2) is 28.1 Å². The van der Waals surface area contributed by atoms with Crippen molar-refractivity contribution in [2.75, 3.05) is 7.11 Å². The molecule has 1 heterocycles. The van der Waals surface area contributed by atoms with Crippen molar-refractivity contribution in [2.24, 2.45) is 0 Å². The number of methoxy groups -OCH3 is 1. The zero-order valence-corrected chi connectivity index (χ0v) is 16.7. The van der Waals surface area contributed by atoms with Crippen molar-refractivity contribution in [1.82, 2.24) is 4.90 Å².